The van der Waals surface area contributed by atoms with Gasteiger partial charge in [0.2, 0.25) is 5.91 Å². The highest BCUT2D eigenvalue weighted by atomic mass is 16.5. The number of carbonyl (C=O) groups is 2. The van der Waals surface area contributed by atoms with Crippen LogP contribution in [0.5, 0.6) is 5.75 Å². The van der Waals surface area contributed by atoms with Gasteiger partial charge in [0.05, 0.1) is 17.0 Å². The van der Waals surface area contributed by atoms with E-state index in [9.17, 15) is 9.59 Å². The Morgan fingerprint density at radius 2 is 1.62 bits per heavy atom. The number of aromatic nitrogens is 1. The lowest BCUT2D eigenvalue weighted by atomic mass is 10.1. The smallest absolute Gasteiger partial charge is 0.345 e. The number of hydrogen-bond acceptors (Lipinski definition) is 4. The van der Waals surface area contributed by atoms with Gasteiger partial charge in [-0.05, 0) is 43.3 Å². The van der Waals surface area contributed by atoms with Crippen molar-refractivity contribution in [2.75, 3.05) is 5.32 Å². The number of hydrogen-bond donors (Lipinski definition) is 1. The van der Waals surface area contributed by atoms with Crippen molar-refractivity contribution in [2.45, 2.75) is 13.8 Å². The minimum absolute atomic E-state index is 0.157. The standard InChI is InChI=1S/C21H18N2O3/c1-14-19(12-13-20(22-14)16-6-4-3-5-7-16)21(25)26-18-10-8-17(9-11-18)23-15(2)24/h3-13H,1-2H3,(H,23,24). The lowest BCUT2D eigenvalue weighted by molar-refractivity contribution is -0.114. The Morgan fingerprint density at radius 1 is 0.923 bits per heavy atom. The molecule has 2 aromatic carbocycles. The molecule has 3 rings (SSSR count). The fourth-order valence-corrected chi connectivity index (χ4v) is 2.52. The number of nitrogens with one attached hydrogen (secondary N) is 1. The molecule has 0 unspecified atom stereocenters. The molecule has 0 saturated heterocycles. The Morgan fingerprint density at radius 3 is 2.23 bits per heavy atom. The van der Waals surface area contributed by atoms with Crippen LogP contribution in [0.2, 0.25) is 0 Å². The molecule has 1 aromatic heterocycles. The van der Waals surface area contributed by atoms with E-state index in [0.29, 0.717) is 22.7 Å². The van der Waals surface area contributed by atoms with E-state index >= 15 is 0 Å². The summed E-state index contributed by atoms with van der Waals surface area (Å²) in [5.74, 6) is -0.229. The van der Waals surface area contributed by atoms with E-state index in [2.05, 4.69) is 10.3 Å². The summed E-state index contributed by atoms with van der Waals surface area (Å²) in [6.45, 7) is 3.21. The largest absolute Gasteiger partial charge is 0.423 e. The molecule has 0 fully saturated rings. The maximum atomic E-state index is 12.4. The van der Waals surface area contributed by atoms with Gasteiger partial charge in [-0.2, -0.15) is 0 Å². The van der Waals surface area contributed by atoms with Crippen LogP contribution in [0.4, 0.5) is 5.69 Å². The summed E-state index contributed by atoms with van der Waals surface area (Å²) in [4.78, 5) is 27.9. The van der Waals surface area contributed by atoms with E-state index in [1.165, 1.54) is 6.92 Å². The number of esters is 1. The Hall–Kier alpha value is -3.47. The second-order valence-corrected chi connectivity index (χ2v) is 5.79. The van der Waals surface area contributed by atoms with E-state index in [1.54, 1.807) is 43.3 Å². The predicted molar refractivity (Wildman–Crippen MR) is 100 cm³/mol. The molecule has 0 aliphatic rings. The number of rotatable bonds is 4. The molecule has 0 bridgehead atoms. The molecule has 0 aliphatic heterocycles. The molecule has 0 atom stereocenters. The van der Waals surface area contributed by atoms with Crippen LogP contribution in [-0.4, -0.2) is 16.9 Å². The molecule has 1 heterocycles. The van der Waals surface area contributed by atoms with Gasteiger partial charge in [-0.25, -0.2) is 4.79 Å². The summed E-state index contributed by atoms with van der Waals surface area (Å²) >= 11 is 0. The Kier molecular flexibility index (Phi) is 5.08. The van der Waals surface area contributed by atoms with E-state index in [-0.39, 0.29) is 5.91 Å². The van der Waals surface area contributed by atoms with Crippen molar-refractivity contribution >= 4 is 17.6 Å². The van der Waals surface area contributed by atoms with Crippen molar-refractivity contribution in [3.63, 3.8) is 0 Å². The summed E-state index contributed by atoms with van der Waals surface area (Å²) in [6, 6.07) is 19.9. The van der Waals surface area contributed by atoms with Gasteiger partial charge in [0.1, 0.15) is 5.75 Å². The van der Waals surface area contributed by atoms with Crippen LogP contribution in [0.15, 0.2) is 66.7 Å². The van der Waals surface area contributed by atoms with Gasteiger partial charge in [-0.15, -0.1) is 0 Å². The average molecular weight is 346 g/mol. The maximum absolute atomic E-state index is 12.4. The molecule has 130 valence electrons. The molecule has 3 aromatic rings. The van der Waals surface area contributed by atoms with Gasteiger partial charge in [0.15, 0.2) is 0 Å². The summed E-state index contributed by atoms with van der Waals surface area (Å²) in [6.07, 6.45) is 0. The van der Waals surface area contributed by atoms with Gasteiger partial charge in [0, 0.05) is 18.2 Å². The van der Waals surface area contributed by atoms with Gasteiger partial charge in [0.25, 0.3) is 0 Å². The van der Waals surface area contributed by atoms with Crippen molar-refractivity contribution in [2.24, 2.45) is 0 Å². The average Bonchev–Trinajstić information content (AvgIpc) is 2.63. The minimum Gasteiger partial charge on any atom is -0.423 e. The lowest BCUT2D eigenvalue weighted by Gasteiger charge is -2.09. The van der Waals surface area contributed by atoms with E-state index in [4.69, 9.17) is 4.74 Å². The zero-order valence-corrected chi connectivity index (χ0v) is 14.5. The van der Waals surface area contributed by atoms with Crippen LogP contribution in [-0.2, 0) is 4.79 Å². The molecular formula is C21H18N2O3. The van der Waals surface area contributed by atoms with Gasteiger partial charge in [-0.1, -0.05) is 30.3 Å². The van der Waals surface area contributed by atoms with Crippen LogP contribution >= 0.6 is 0 Å². The zero-order valence-electron chi connectivity index (χ0n) is 14.5. The summed E-state index contributed by atoms with van der Waals surface area (Å²) in [7, 11) is 0. The van der Waals surface area contributed by atoms with Crippen molar-refractivity contribution in [3.05, 3.63) is 78.0 Å². The van der Waals surface area contributed by atoms with E-state index < -0.39 is 5.97 Å². The van der Waals surface area contributed by atoms with Crippen LogP contribution in [0.3, 0.4) is 0 Å². The third-order valence-electron chi connectivity index (χ3n) is 3.76. The summed E-state index contributed by atoms with van der Waals surface area (Å²) in [5.41, 5.74) is 3.45. The van der Waals surface area contributed by atoms with E-state index in [0.717, 1.165) is 11.3 Å². The lowest BCUT2D eigenvalue weighted by Crippen LogP contribution is -2.11. The van der Waals surface area contributed by atoms with Crippen LogP contribution in [0.25, 0.3) is 11.3 Å². The predicted octanol–water partition coefficient (Wildman–Crippen LogP) is 4.23. The normalized spacial score (nSPS) is 10.2. The first kappa shape index (κ1) is 17.4. The number of ether oxygens (including phenoxy) is 1. The SMILES string of the molecule is CC(=O)Nc1ccc(OC(=O)c2ccc(-c3ccccc3)nc2C)cc1. The van der Waals surface area contributed by atoms with Crippen molar-refractivity contribution in [1.29, 1.82) is 0 Å². The number of benzene rings is 2. The van der Waals surface area contributed by atoms with Gasteiger partial charge >= 0.3 is 5.97 Å². The molecule has 5 nitrogen and oxygen atoms in total. The molecule has 1 amide bonds. The van der Waals surface area contributed by atoms with Gasteiger partial charge < -0.3 is 10.1 Å². The fourth-order valence-electron chi connectivity index (χ4n) is 2.52. The van der Waals surface area contributed by atoms with Crippen LogP contribution < -0.4 is 10.1 Å². The molecule has 26 heavy (non-hydrogen) atoms. The van der Waals surface area contributed by atoms with Crippen molar-refractivity contribution < 1.29 is 14.3 Å². The highest BCUT2D eigenvalue weighted by Gasteiger charge is 2.14. The second kappa shape index (κ2) is 7.61. The Balaban J connectivity index is 1.74. The number of carbonyl (C=O) groups excluding carboxylic acids is 2. The minimum atomic E-state index is -0.470. The Bertz CT molecular complexity index is 935. The van der Waals surface area contributed by atoms with E-state index in [1.807, 2.05) is 30.3 Å². The molecule has 0 saturated carbocycles. The number of pyridine rings is 1. The number of nitrogens with zero attached hydrogens (tertiary/aromatic N) is 1. The summed E-state index contributed by atoms with van der Waals surface area (Å²) < 4.78 is 5.40. The first-order valence-electron chi connectivity index (χ1n) is 8.16. The highest BCUT2D eigenvalue weighted by molar-refractivity contribution is 5.92. The molecule has 1 N–H and O–H groups in total. The monoisotopic (exact) mass is 346 g/mol. The highest BCUT2D eigenvalue weighted by Crippen LogP contribution is 2.21. The number of aryl methyl sites for hydroxylation is 1. The zero-order chi connectivity index (χ0) is 18.5. The fraction of sp³-hybridized carbons (Fsp3) is 0.0952. The first-order chi connectivity index (χ1) is 12.5. The molecule has 0 spiro atoms. The van der Waals surface area contributed by atoms with Crippen molar-refractivity contribution in [3.8, 4) is 17.0 Å². The first-order valence-corrected chi connectivity index (χ1v) is 8.16. The molecular weight excluding hydrogens is 328 g/mol. The quantitative estimate of drug-likeness (QED) is 0.567. The third-order valence-corrected chi connectivity index (χ3v) is 3.76. The molecule has 0 aliphatic carbocycles. The van der Waals surface area contributed by atoms with Crippen LogP contribution in [0.1, 0.15) is 23.0 Å². The van der Waals surface area contributed by atoms with Crippen LogP contribution in [0, 0.1) is 6.92 Å². The topological polar surface area (TPSA) is 68.3 Å². The van der Waals surface area contributed by atoms with Gasteiger partial charge in [-0.3, -0.25) is 9.78 Å². The maximum Gasteiger partial charge on any atom is 0.345 e. The Labute approximate surface area is 151 Å². The number of amides is 1. The summed E-state index contributed by atoms with van der Waals surface area (Å²) in [5, 5.41) is 2.66. The second-order valence-electron chi connectivity index (χ2n) is 5.79. The molecule has 5 heteroatoms. The third kappa shape index (κ3) is 4.13. The molecule has 0 radical (unpaired) electrons. The van der Waals surface area contributed by atoms with Crippen molar-refractivity contribution in [1.82, 2.24) is 4.98 Å². The number of anilines is 1.